The van der Waals surface area contributed by atoms with Crippen LogP contribution in [0.3, 0.4) is 0 Å². The van der Waals surface area contributed by atoms with Crippen molar-refractivity contribution < 1.29 is 9.72 Å². The van der Waals surface area contributed by atoms with Gasteiger partial charge in [0, 0.05) is 30.2 Å². The van der Waals surface area contributed by atoms with E-state index in [0.29, 0.717) is 18.4 Å². The van der Waals surface area contributed by atoms with Crippen LogP contribution < -0.4 is 0 Å². The van der Waals surface area contributed by atoms with E-state index in [2.05, 4.69) is 11.9 Å². The number of benzene rings is 2. The third-order valence-corrected chi connectivity index (χ3v) is 6.18. The maximum atomic E-state index is 12.3. The monoisotopic (exact) mass is 430 g/mol. The highest BCUT2D eigenvalue weighted by Gasteiger charge is 2.25. The van der Waals surface area contributed by atoms with Gasteiger partial charge in [-0.3, -0.25) is 14.9 Å². The number of hydrogen-bond acceptors (Lipinski definition) is 4. The molecular formula is C24H31ClN2O3. The first-order valence-corrected chi connectivity index (χ1v) is 10.5. The highest BCUT2D eigenvalue weighted by Crippen LogP contribution is 2.35. The molecule has 30 heavy (non-hydrogen) atoms. The molecular weight excluding hydrogens is 400 g/mol. The second-order valence-corrected chi connectivity index (χ2v) is 8.23. The summed E-state index contributed by atoms with van der Waals surface area (Å²) in [6, 6.07) is 15.4. The lowest BCUT2D eigenvalue weighted by atomic mass is 9.81. The van der Waals surface area contributed by atoms with Gasteiger partial charge in [0.1, 0.15) is 0 Å². The Balaban J connectivity index is 0.00000320. The van der Waals surface area contributed by atoms with Crippen LogP contribution in [-0.2, 0) is 0 Å². The number of aryl methyl sites for hydroxylation is 1. The number of Topliss-reactive ketones (excluding diaryl/α,β-unsaturated/α-hetero) is 1. The predicted octanol–water partition coefficient (Wildman–Crippen LogP) is 5.95. The van der Waals surface area contributed by atoms with Crippen LogP contribution in [0, 0.1) is 17.0 Å². The lowest BCUT2D eigenvalue weighted by Gasteiger charge is -2.35. The number of rotatable bonds is 8. The fourth-order valence-electron chi connectivity index (χ4n) is 4.27. The standard InChI is InChI=1S/C24H30N2O3.ClH/c1-18-5-7-21(8-6-18)24(27)4-3-17-25(2)22-13-9-19(10-14-22)20-11-15-23(16-12-20)26(28)29;/h5-8,11-12,15-16,19,22H,3-4,9-10,13-14,17H2,1-2H3;1H. The molecule has 2 aromatic carbocycles. The van der Waals surface area contributed by atoms with Gasteiger partial charge in [-0.05, 0) is 64.1 Å². The molecule has 1 fully saturated rings. The van der Waals surface area contributed by atoms with Crippen LogP contribution in [0.1, 0.15) is 65.9 Å². The molecule has 0 heterocycles. The molecule has 0 unspecified atom stereocenters. The molecule has 6 heteroatoms. The number of non-ortho nitro benzene ring substituents is 1. The maximum absolute atomic E-state index is 12.3. The van der Waals surface area contributed by atoms with Crippen molar-refractivity contribution in [3.05, 3.63) is 75.3 Å². The van der Waals surface area contributed by atoms with Gasteiger partial charge in [-0.15, -0.1) is 12.4 Å². The van der Waals surface area contributed by atoms with Gasteiger partial charge in [0.05, 0.1) is 4.92 Å². The van der Waals surface area contributed by atoms with Gasteiger partial charge >= 0.3 is 0 Å². The third kappa shape index (κ3) is 6.38. The summed E-state index contributed by atoms with van der Waals surface area (Å²) in [4.78, 5) is 25.2. The fraction of sp³-hybridized carbons (Fsp3) is 0.458. The highest BCUT2D eigenvalue weighted by molar-refractivity contribution is 5.96. The van der Waals surface area contributed by atoms with Crippen LogP contribution in [0.15, 0.2) is 48.5 Å². The molecule has 0 aromatic heterocycles. The second-order valence-electron chi connectivity index (χ2n) is 8.23. The summed E-state index contributed by atoms with van der Waals surface area (Å²) in [6.07, 6.45) is 5.94. The Hall–Kier alpha value is -2.24. The second kappa shape index (κ2) is 11.2. The Bertz CT molecular complexity index is 829. The van der Waals surface area contributed by atoms with E-state index in [1.54, 1.807) is 12.1 Å². The molecule has 0 aliphatic heterocycles. The van der Waals surface area contributed by atoms with E-state index in [-0.39, 0.29) is 28.8 Å². The molecule has 3 rings (SSSR count). The minimum absolute atomic E-state index is 0. The summed E-state index contributed by atoms with van der Waals surface area (Å²) in [5, 5.41) is 10.8. The summed E-state index contributed by atoms with van der Waals surface area (Å²) in [5.74, 6) is 0.712. The first-order valence-electron chi connectivity index (χ1n) is 10.5. The number of carbonyl (C=O) groups excluding carboxylic acids is 1. The summed E-state index contributed by atoms with van der Waals surface area (Å²) >= 11 is 0. The van der Waals surface area contributed by atoms with E-state index in [9.17, 15) is 14.9 Å². The van der Waals surface area contributed by atoms with E-state index >= 15 is 0 Å². The average molecular weight is 431 g/mol. The van der Waals surface area contributed by atoms with Crippen LogP contribution in [0.4, 0.5) is 5.69 Å². The van der Waals surface area contributed by atoms with E-state index in [1.807, 2.05) is 43.3 Å². The van der Waals surface area contributed by atoms with E-state index in [4.69, 9.17) is 0 Å². The number of nitrogens with zero attached hydrogens (tertiary/aromatic N) is 2. The first-order chi connectivity index (χ1) is 13.9. The van der Waals surface area contributed by atoms with Gasteiger partial charge in [-0.1, -0.05) is 42.0 Å². The molecule has 0 atom stereocenters. The molecule has 1 saturated carbocycles. The van der Waals surface area contributed by atoms with E-state index in [0.717, 1.165) is 44.2 Å². The van der Waals surface area contributed by atoms with Gasteiger partial charge in [-0.25, -0.2) is 0 Å². The molecule has 0 spiro atoms. The van der Waals surface area contributed by atoms with Gasteiger partial charge in [-0.2, -0.15) is 0 Å². The van der Waals surface area contributed by atoms with Crippen LogP contribution in [0.5, 0.6) is 0 Å². The zero-order valence-electron chi connectivity index (χ0n) is 17.8. The van der Waals surface area contributed by atoms with Crippen molar-refractivity contribution in [3.8, 4) is 0 Å². The van der Waals surface area contributed by atoms with Crippen LogP contribution in [0.2, 0.25) is 0 Å². The Morgan fingerprint density at radius 2 is 1.63 bits per heavy atom. The summed E-state index contributed by atoms with van der Waals surface area (Å²) < 4.78 is 0. The van der Waals surface area contributed by atoms with Crippen molar-refractivity contribution in [3.63, 3.8) is 0 Å². The maximum Gasteiger partial charge on any atom is 0.269 e. The molecule has 1 aliphatic rings. The SMILES string of the molecule is Cc1ccc(C(=O)CCCN(C)C2CCC(c3ccc([N+](=O)[O-])cc3)CC2)cc1.Cl. The van der Waals surface area contributed by atoms with Gasteiger partial charge in [0.25, 0.3) is 5.69 Å². The normalized spacial score (nSPS) is 18.6. The van der Waals surface area contributed by atoms with Crippen molar-refractivity contribution in [2.45, 2.75) is 57.4 Å². The van der Waals surface area contributed by atoms with Gasteiger partial charge in [0.2, 0.25) is 0 Å². The minimum atomic E-state index is -0.348. The smallest absolute Gasteiger partial charge is 0.269 e. The van der Waals surface area contributed by atoms with E-state index < -0.39 is 0 Å². The molecule has 0 N–H and O–H groups in total. The largest absolute Gasteiger partial charge is 0.303 e. The number of hydrogen-bond donors (Lipinski definition) is 0. The Morgan fingerprint density at radius 3 is 2.20 bits per heavy atom. The summed E-state index contributed by atoms with van der Waals surface area (Å²) in [6.45, 7) is 2.96. The van der Waals surface area contributed by atoms with Gasteiger partial charge in [0.15, 0.2) is 5.78 Å². The molecule has 0 saturated heterocycles. The Kier molecular flexibility index (Phi) is 9.00. The number of carbonyl (C=O) groups is 1. The fourth-order valence-corrected chi connectivity index (χ4v) is 4.27. The molecule has 2 aromatic rings. The predicted molar refractivity (Wildman–Crippen MR) is 123 cm³/mol. The molecule has 5 nitrogen and oxygen atoms in total. The molecule has 0 bridgehead atoms. The molecule has 0 radical (unpaired) electrons. The number of nitro groups is 1. The lowest BCUT2D eigenvalue weighted by molar-refractivity contribution is -0.384. The third-order valence-electron chi connectivity index (χ3n) is 6.18. The number of halogens is 1. The van der Waals surface area contributed by atoms with Crippen LogP contribution >= 0.6 is 12.4 Å². The molecule has 162 valence electrons. The van der Waals surface area contributed by atoms with Crippen molar-refractivity contribution in [1.82, 2.24) is 4.90 Å². The molecule has 0 amide bonds. The van der Waals surface area contributed by atoms with Crippen molar-refractivity contribution in [1.29, 1.82) is 0 Å². The van der Waals surface area contributed by atoms with Crippen molar-refractivity contribution in [2.24, 2.45) is 0 Å². The van der Waals surface area contributed by atoms with Crippen molar-refractivity contribution in [2.75, 3.05) is 13.6 Å². The zero-order valence-corrected chi connectivity index (χ0v) is 18.6. The number of ketones is 1. The van der Waals surface area contributed by atoms with Crippen LogP contribution in [0.25, 0.3) is 0 Å². The van der Waals surface area contributed by atoms with Gasteiger partial charge < -0.3 is 4.90 Å². The average Bonchev–Trinajstić information content (AvgIpc) is 2.74. The summed E-state index contributed by atoms with van der Waals surface area (Å²) in [5.41, 5.74) is 3.34. The zero-order chi connectivity index (χ0) is 20.8. The van der Waals surface area contributed by atoms with E-state index in [1.165, 1.54) is 11.1 Å². The summed E-state index contributed by atoms with van der Waals surface area (Å²) in [7, 11) is 2.16. The van der Waals surface area contributed by atoms with Crippen molar-refractivity contribution >= 4 is 23.9 Å². The highest BCUT2D eigenvalue weighted by atomic mass is 35.5. The topological polar surface area (TPSA) is 63.5 Å². The lowest BCUT2D eigenvalue weighted by Crippen LogP contribution is -2.35. The Morgan fingerprint density at radius 1 is 1.03 bits per heavy atom. The van der Waals surface area contributed by atoms with Crippen LogP contribution in [-0.4, -0.2) is 35.2 Å². The quantitative estimate of drug-likeness (QED) is 0.295. The Labute approximate surface area is 185 Å². The number of nitro benzene ring substituents is 1. The minimum Gasteiger partial charge on any atom is -0.303 e. The molecule has 1 aliphatic carbocycles. The first kappa shape index (κ1) is 24.0.